The van der Waals surface area contributed by atoms with Crippen LogP contribution in [0.1, 0.15) is 50.7 Å². The molecule has 0 amide bonds. The molecule has 1 N–H and O–H groups in total. The largest absolute Gasteiger partial charge is 0.459 e. The number of hydrogen-bond donors (Lipinski definition) is 1. The van der Waals surface area contributed by atoms with Crippen LogP contribution in [0.15, 0.2) is 27.7 Å². The molecule has 0 aliphatic rings. The van der Waals surface area contributed by atoms with Gasteiger partial charge in [-0.25, -0.2) is 0 Å². The zero-order chi connectivity index (χ0) is 22.7. The van der Waals surface area contributed by atoms with E-state index in [9.17, 15) is 30.3 Å². The van der Waals surface area contributed by atoms with Crippen molar-refractivity contribution in [1.29, 1.82) is 0 Å². The van der Waals surface area contributed by atoms with E-state index in [4.69, 9.17) is 4.42 Å². The van der Waals surface area contributed by atoms with Crippen molar-refractivity contribution in [2.45, 2.75) is 40.5 Å². The summed E-state index contributed by atoms with van der Waals surface area (Å²) in [6, 6.07) is 3.15. The molecule has 0 saturated heterocycles. The molecule has 0 fully saturated rings. The Morgan fingerprint density at radius 1 is 0.967 bits per heavy atom. The number of nitro groups is 3. The van der Waals surface area contributed by atoms with Crippen LogP contribution >= 0.6 is 0 Å². The van der Waals surface area contributed by atoms with Crippen molar-refractivity contribution < 1.29 is 19.2 Å². The second kappa shape index (κ2) is 8.68. The lowest BCUT2D eigenvalue weighted by Gasteiger charge is -2.10. The van der Waals surface area contributed by atoms with Crippen molar-refractivity contribution in [3.63, 3.8) is 0 Å². The second-order valence-electron chi connectivity index (χ2n) is 7.21. The van der Waals surface area contributed by atoms with Crippen LogP contribution in [0, 0.1) is 43.2 Å². The summed E-state index contributed by atoms with van der Waals surface area (Å²) in [6.45, 7) is 9.36. The fourth-order valence-corrected chi connectivity index (χ4v) is 2.71. The zero-order valence-electron chi connectivity index (χ0n) is 17.0. The first-order chi connectivity index (χ1) is 13.9. The first-order valence-corrected chi connectivity index (χ1v) is 8.99. The molecular weight excluding hydrogens is 398 g/mol. The predicted octanol–water partition coefficient (Wildman–Crippen LogP) is 4.91. The van der Waals surface area contributed by atoms with E-state index in [1.54, 1.807) is 0 Å². The van der Waals surface area contributed by atoms with Crippen LogP contribution in [0.5, 0.6) is 0 Å². The van der Waals surface area contributed by atoms with Crippen molar-refractivity contribution >= 4 is 28.5 Å². The third kappa shape index (κ3) is 4.59. The zero-order valence-corrected chi connectivity index (χ0v) is 17.0. The van der Waals surface area contributed by atoms with E-state index in [2.05, 4.69) is 10.5 Å². The monoisotopic (exact) mass is 419 g/mol. The Balaban J connectivity index is 2.63. The highest BCUT2D eigenvalue weighted by Crippen LogP contribution is 2.38. The number of hydrogen-bond acceptors (Lipinski definition) is 9. The molecule has 1 aromatic heterocycles. The number of nitrogens with one attached hydrogen (secondary N) is 1. The summed E-state index contributed by atoms with van der Waals surface area (Å²) in [5.74, 6) is 1.10. The molecule has 30 heavy (non-hydrogen) atoms. The van der Waals surface area contributed by atoms with Gasteiger partial charge in [0.15, 0.2) is 5.76 Å². The van der Waals surface area contributed by atoms with E-state index in [0.717, 1.165) is 11.3 Å². The lowest BCUT2D eigenvalue weighted by Crippen LogP contribution is -2.13. The minimum atomic E-state index is -0.943. The molecule has 0 aliphatic carbocycles. The quantitative estimate of drug-likeness (QED) is 0.358. The predicted molar refractivity (Wildman–Crippen MR) is 109 cm³/mol. The van der Waals surface area contributed by atoms with Crippen LogP contribution < -0.4 is 5.43 Å². The Morgan fingerprint density at radius 3 is 1.87 bits per heavy atom. The highest BCUT2D eigenvalue weighted by atomic mass is 16.6. The average Bonchev–Trinajstić information content (AvgIpc) is 3.02. The third-order valence-corrected chi connectivity index (χ3v) is 4.26. The highest BCUT2D eigenvalue weighted by molar-refractivity contribution is 6.01. The van der Waals surface area contributed by atoms with Crippen molar-refractivity contribution in [1.82, 2.24) is 0 Å². The van der Waals surface area contributed by atoms with E-state index in [-0.39, 0.29) is 11.8 Å². The molecule has 1 aromatic carbocycles. The SMILES string of the molecule is Cc1cc(C(C)C)oc1C(=NNc1c([N+](=O)[O-])cc([N+](=O)[O-])cc1[N+](=O)[O-])C(C)C. The average molecular weight is 419 g/mol. The van der Waals surface area contributed by atoms with Crippen molar-refractivity contribution in [2.75, 3.05) is 5.43 Å². The van der Waals surface area contributed by atoms with Crippen LogP contribution in [-0.2, 0) is 0 Å². The summed E-state index contributed by atoms with van der Waals surface area (Å²) in [4.78, 5) is 31.0. The number of furan rings is 1. The normalized spacial score (nSPS) is 11.8. The summed E-state index contributed by atoms with van der Waals surface area (Å²) >= 11 is 0. The summed E-state index contributed by atoms with van der Waals surface area (Å²) in [5, 5.41) is 38.0. The van der Waals surface area contributed by atoms with Gasteiger partial charge in [-0.15, -0.1) is 0 Å². The minimum absolute atomic E-state index is 0.121. The number of non-ortho nitro benzene ring substituents is 1. The van der Waals surface area contributed by atoms with Crippen LogP contribution in [0.25, 0.3) is 0 Å². The maximum atomic E-state index is 11.4. The lowest BCUT2D eigenvalue weighted by atomic mass is 10.0. The van der Waals surface area contributed by atoms with Crippen LogP contribution in [-0.4, -0.2) is 20.5 Å². The molecule has 12 nitrogen and oxygen atoms in total. The highest BCUT2D eigenvalue weighted by Gasteiger charge is 2.31. The summed E-state index contributed by atoms with van der Waals surface area (Å²) in [6.07, 6.45) is 0. The van der Waals surface area contributed by atoms with E-state index in [1.807, 2.05) is 40.7 Å². The van der Waals surface area contributed by atoms with E-state index in [1.165, 1.54) is 0 Å². The molecule has 0 saturated carbocycles. The molecule has 160 valence electrons. The smallest absolute Gasteiger partial charge is 0.308 e. The molecule has 0 bridgehead atoms. The van der Waals surface area contributed by atoms with Gasteiger partial charge >= 0.3 is 11.4 Å². The molecule has 2 aromatic rings. The lowest BCUT2D eigenvalue weighted by molar-refractivity contribution is -0.401. The van der Waals surface area contributed by atoms with Gasteiger partial charge in [-0.2, -0.15) is 5.10 Å². The van der Waals surface area contributed by atoms with Gasteiger partial charge in [-0.1, -0.05) is 27.7 Å². The van der Waals surface area contributed by atoms with Gasteiger partial charge in [0.25, 0.3) is 5.69 Å². The molecule has 0 atom stereocenters. The van der Waals surface area contributed by atoms with Gasteiger partial charge in [0, 0.05) is 11.8 Å². The molecular formula is C18H21N5O7. The molecule has 0 radical (unpaired) electrons. The van der Waals surface area contributed by atoms with E-state index < -0.39 is 37.5 Å². The minimum Gasteiger partial charge on any atom is -0.459 e. The number of aryl methyl sites for hydroxylation is 1. The Labute approximate surface area is 171 Å². The molecule has 0 aliphatic heterocycles. The Morgan fingerprint density at radius 2 is 1.50 bits per heavy atom. The van der Waals surface area contributed by atoms with Gasteiger partial charge in [-0.3, -0.25) is 35.8 Å². The molecule has 1 heterocycles. The first kappa shape index (κ1) is 22.5. The summed E-state index contributed by atoms with van der Waals surface area (Å²) in [5.41, 5.74) is 0.576. The van der Waals surface area contributed by atoms with Gasteiger partial charge in [0.1, 0.15) is 11.5 Å². The van der Waals surface area contributed by atoms with Crippen molar-refractivity contribution in [2.24, 2.45) is 11.0 Å². The summed E-state index contributed by atoms with van der Waals surface area (Å²) in [7, 11) is 0. The van der Waals surface area contributed by atoms with Gasteiger partial charge in [0.2, 0.25) is 5.69 Å². The molecule has 2 rings (SSSR count). The fraction of sp³-hybridized carbons (Fsp3) is 0.389. The number of nitrogens with zero attached hydrogens (tertiary/aromatic N) is 4. The third-order valence-electron chi connectivity index (χ3n) is 4.26. The maximum absolute atomic E-state index is 11.4. The summed E-state index contributed by atoms with van der Waals surface area (Å²) < 4.78 is 5.87. The second-order valence-corrected chi connectivity index (χ2v) is 7.21. The molecule has 12 heteroatoms. The Hall–Kier alpha value is -3.83. The van der Waals surface area contributed by atoms with Crippen LogP contribution in [0.4, 0.5) is 22.7 Å². The number of benzene rings is 1. The van der Waals surface area contributed by atoms with E-state index in [0.29, 0.717) is 23.6 Å². The number of anilines is 1. The maximum Gasteiger partial charge on any atom is 0.308 e. The number of rotatable bonds is 8. The number of hydrazone groups is 1. The Bertz CT molecular complexity index is 1000. The molecule has 0 unspecified atom stereocenters. The van der Waals surface area contributed by atoms with Gasteiger partial charge in [-0.05, 0) is 18.6 Å². The fourth-order valence-electron chi connectivity index (χ4n) is 2.71. The standard InChI is InChI=1S/C18H21N5O7/c1-9(2)15-6-11(5)18(30-15)16(10(3)4)19-20-17-13(22(26)27)7-12(21(24)25)8-14(17)23(28)29/h6-10,20H,1-5H3. The van der Waals surface area contributed by atoms with Crippen molar-refractivity contribution in [3.05, 3.63) is 65.6 Å². The van der Waals surface area contributed by atoms with Gasteiger partial charge < -0.3 is 4.42 Å². The Kier molecular flexibility index (Phi) is 6.49. The van der Waals surface area contributed by atoms with E-state index >= 15 is 0 Å². The van der Waals surface area contributed by atoms with Crippen LogP contribution in [0.2, 0.25) is 0 Å². The van der Waals surface area contributed by atoms with Crippen LogP contribution in [0.3, 0.4) is 0 Å². The number of nitro benzene ring substituents is 3. The first-order valence-electron chi connectivity index (χ1n) is 8.99. The topological polar surface area (TPSA) is 167 Å². The van der Waals surface area contributed by atoms with Crippen molar-refractivity contribution in [3.8, 4) is 0 Å². The molecule has 0 spiro atoms. The van der Waals surface area contributed by atoms with Gasteiger partial charge in [0.05, 0.1) is 26.9 Å².